The van der Waals surface area contributed by atoms with Crippen LogP contribution >= 0.6 is 0 Å². The highest BCUT2D eigenvalue weighted by Gasteiger charge is 2.43. The number of hydrogen-bond acceptors (Lipinski definition) is 7. The first-order valence-corrected chi connectivity index (χ1v) is 28.4. The molecule has 1 fully saturated rings. The van der Waals surface area contributed by atoms with Crippen molar-refractivity contribution in [2.45, 2.75) is 168 Å². The van der Waals surface area contributed by atoms with E-state index in [0.717, 1.165) is 36.0 Å². The molecule has 1 amide bonds. The third-order valence-corrected chi connectivity index (χ3v) is 13.1. The van der Waals surface area contributed by atoms with E-state index in [1.54, 1.807) is 6.92 Å². The Morgan fingerprint density at radius 3 is 1.43 bits per heavy atom. The molecule has 1 saturated heterocycles. The standard InChI is InChI=1S/C73H72N4O6/c1-5-7-9-11-13-15-17-19-20-21-22-23-24-25-26-27-28-29-31-33-35-37-48-56-70(78)76-67(61-82-73-63(4)62(3)71(69(83-73)57-75-77-74)80-59-65-51-43-39-44-52-65)72(81-60-66-53-45-40-46-54-66)68(79-58-64-49-41-38-42-50-64)55-47-36-34-32-30-18-16-14-12-10-8-6-2/h38-46,49-54,62-63,67-69,71-73H,6,8,10,12,14,16,18,30,32,34,36,47,55,57-61H2,1-4H3,(H,76,78)/t62-,63?,67+,68-,69?,71-,72+,73+/m1/s1. The lowest BCUT2D eigenvalue weighted by Crippen LogP contribution is -2.56. The summed E-state index contributed by atoms with van der Waals surface area (Å²) in [5.41, 5.74) is 12.4. The Balaban J connectivity index is 1.56. The zero-order valence-corrected chi connectivity index (χ0v) is 48.3. The molecule has 3 aromatic rings. The Bertz CT molecular complexity index is 3320. The predicted octanol–water partition coefficient (Wildman–Crippen LogP) is 11.7. The van der Waals surface area contributed by atoms with Crippen molar-refractivity contribution in [3.8, 4) is 142 Å². The highest BCUT2D eigenvalue weighted by molar-refractivity contribution is 5.94. The van der Waals surface area contributed by atoms with Crippen molar-refractivity contribution in [2.75, 3.05) is 13.2 Å². The fraction of sp³-hybridized carbons (Fsp3) is 0.411. The molecule has 8 atom stereocenters. The van der Waals surface area contributed by atoms with Crippen LogP contribution in [-0.4, -0.2) is 55.8 Å². The minimum absolute atomic E-state index is 0.0337. The first-order chi connectivity index (χ1) is 40.9. The van der Waals surface area contributed by atoms with E-state index < -0.39 is 42.7 Å². The zero-order valence-electron chi connectivity index (χ0n) is 48.3. The molecule has 4 rings (SSSR count). The summed E-state index contributed by atoms with van der Waals surface area (Å²) in [6, 6.07) is 29.0. The number of carbonyl (C=O) groups is 1. The van der Waals surface area contributed by atoms with E-state index in [9.17, 15) is 10.3 Å². The van der Waals surface area contributed by atoms with Gasteiger partial charge in [-0.1, -0.05) is 200 Å². The molecule has 1 N–H and O–H groups in total. The minimum Gasteiger partial charge on any atom is -0.371 e. The lowest BCUT2D eigenvalue weighted by Gasteiger charge is -2.44. The number of nitrogens with zero attached hydrogens (tertiary/aromatic N) is 3. The van der Waals surface area contributed by atoms with Crippen LogP contribution in [0.4, 0.5) is 0 Å². The summed E-state index contributed by atoms with van der Waals surface area (Å²) in [6.07, 6.45) is 12.3. The fourth-order valence-electron chi connectivity index (χ4n) is 8.69. The van der Waals surface area contributed by atoms with E-state index in [4.69, 9.17) is 23.7 Å². The quantitative estimate of drug-likeness (QED) is 0.0233. The molecule has 2 unspecified atom stereocenters. The van der Waals surface area contributed by atoms with Crippen LogP contribution in [-0.2, 0) is 48.3 Å². The van der Waals surface area contributed by atoms with Crippen molar-refractivity contribution in [1.29, 1.82) is 0 Å². The molecule has 0 spiro atoms. The molecular weight excluding hydrogens is 1030 g/mol. The molecular formula is C73H72N4O6. The summed E-state index contributed by atoms with van der Waals surface area (Å²) in [5, 5.41) is 7.03. The molecule has 1 heterocycles. The molecule has 0 radical (unpaired) electrons. The number of hydrogen-bond donors (Lipinski definition) is 1. The number of amides is 1. The van der Waals surface area contributed by atoms with Crippen molar-refractivity contribution in [3.63, 3.8) is 0 Å². The molecule has 83 heavy (non-hydrogen) atoms. The van der Waals surface area contributed by atoms with Gasteiger partial charge in [0.15, 0.2) is 6.29 Å². The predicted molar refractivity (Wildman–Crippen MR) is 329 cm³/mol. The summed E-state index contributed by atoms with van der Waals surface area (Å²) in [7, 11) is 0. The Kier molecular flexibility index (Phi) is 35.8. The van der Waals surface area contributed by atoms with Gasteiger partial charge in [-0.25, -0.2) is 0 Å². The van der Waals surface area contributed by atoms with Gasteiger partial charge in [0, 0.05) is 52.3 Å². The van der Waals surface area contributed by atoms with Crippen molar-refractivity contribution in [2.24, 2.45) is 17.0 Å². The van der Waals surface area contributed by atoms with Gasteiger partial charge in [-0.3, -0.25) is 4.79 Å². The lowest BCUT2D eigenvalue weighted by atomic mass is 9.84. The van der Waals surface area contributed by atoms with Crippen LogP contribution in [0.15, 0.2) is 96.1 Å². The van der Waals surface area contributed by atoms with Crippen LogP contribution < -0.4 is 5.32 Å². The summed E-state index contributed by atoms with van der Waals surface area (Å²) in [4.78, 5) is 17.0. The second-order valence-corrected chi connectivity index (χ2v) is 19.2. The molecule has 3 aromatic carbocycles. The maximum atomic E-state index is 14.0. The van der Waals surface area contributed by atoms with E-state index >= 15 is 0 Å². The molecule has 0 aliphatic carbocycles. The third kappa shape index (κ3) is 30.4. The van der Waals surface area contributed by atoms with Crippen LogP contribution in [0.3, 0.4) is 0 Å². The number of carbonyl (C=O) groups excluding carboxylic acids is 1. The first kappa shape index (κ1) is 66.5. The Morgan fingerprint density at radius 1 is 0.554 bits per heavy atom. The van der Waals surface area contributed by atoms with Crippen molar-refractivity contribution < 1.29 is 28.5 Å². The van der Waals surface area contributed by atoms with E-state index in [0.29, 0.717) is 19.6 Å². The molecule has 420 valence electrons. The van der Waals surface area contributed by atoms with Gasteiger partial charge in [-0.15, -0.1) is 0 Å². The second kappa shape index (κ2) is 44.7. The SMILES string of the molecule is CC#CC#CC#CC#CC#CC#CC#CC#CC#CC#CC#CC#CC(=O)N[C@@H](CO[C@H]1OC(CN=[N+]=[N-])[C@H](OCc2ccccc2)[C@H](C)C1C)[C@H](OCc1ccccc1)[C@@H](CCCCCCCCCCCCCC)OCc1ccccc1. The van der Waals surface area contributed by atoms with E-state index in [-0.39, 0.29) is 31.6 Å². The highest BCUT2D eigenvalue weighted by Crippen LogP contribution is 2.35. The van der Waals surface area contributed by atoms with Crippen molar-refractivity contribution >= 4 is 5.91 Å². The number of nitrogens with one attached hydrogen (secondary N) is 1. The monoisotopic (exact) mass is 1100 g/mol. The molecule has 0 aromatic heterocycles. The first-order valence-electron chi connectivity index (χ1n) is 28.4. The molecule has 0 bridgehead atoms. The van der Waals surface area contributed by atoms with Gasteiger partial charge in [0.05, 0.1) is 57.3 Å². The Morgan fingerprint density at radius 2 is 0.976 bits per heavy atom. The third-order valence-electron chi connectivity index (χ3n) is 13.1. The maximum absolute atomic E-state index is 14.0. The molecule has 0 saturated carbocycles. The minimum atomic E-state index is -0.787. The highest BCUT2D eigenvalue weighted by atomic mass is 16.7. The number of rotatable bonds is 30. The molecule has 10 nitrogen and oxygen atoms in total. The summed E-state index contributed by atoms with van der Waals surface area (Å²) in [6.45, 7) is 9.02. The van der Waals surface area contributed by atoms with Gasteiger partial charge < -0.3 is 29.0 Å². The zero-order chi connectivity index (χ0) is 58.9. The Labute approximate surface area is 495 Å². The lowest BCUT2D eigenvalue weighted by molar-refractivity contribution is -0.273. The van der Waals surface area contributed by atoms with E-state index in [1.807, 2.05) is 97.9 Å². The van der Waals surface area contributed by atoms with Crippen LogP contribution in [0, 0.1) is 154 Å². The molecule has 1 aliphatic rings. The molecule has 10 heteroatoms. The summed E-state index contributed by atoms with van der Waals surface area (Å²) in [5.74, 6) is 60.9. The van der Waals surface area contributed by atoms with Crippen molar-refractivity contribution in [3.05, 3.63) is 118 Å². The van der Waals surface area contributed by atoms with Gasteiger partial charge in [0.1, 0.15) is 6.10 Å². The van der Waals surface area contributed by atoms with Gasteiger partial charge in [-0.05, 0) is 136 Å². The second-order valence-electron chi connectivity index (χ2n) is 19.2. The van der Waals surface area contributed by atoms with Crippen LogP contribution in [0.25, 0.3) is 10.4 Å². The van der Waals surface area contributed by atoms with Gasteiger partial charge in [-0.2, -0.15) is 0 Å². The number of ether oxygens (including phenoxy) is 5. The largest absolute Gasteiger partial charge is 0.371 e. The van der Waals surface area contributed by atoms with Crippen molar-refractivity contribution in [1.82, 2.24) is 5.32 Å². The summed E-state index contributed by atoms with van der Waals surface area (Å²) >= 11 is 0. The van der Waals surface area contributed by atoms with Crippen LogP contribution in [0.5, 0.6) is 0 Å². The normalized spacial score (nSPS) is 15.8. The van der Waals surface area contributed by atoms with Gasteiger partial charge in [0.25, 0.3) is 5.91 Å². The van der Waals surface area contributed by atoms with Crippen LogP contribution in [0.1, 0.15) is 128 Å². The van der Waals surface area contributed by atoms with Crippen LogP contribution in [0.2, 0.25) is 0 Å². The Hall–Kier alpha value is -9.04. The summed E-state index contributed by atoms with van der Waals surface area (Å²) < 4.78 is 33.7. The molecule has 1 aliphatic heterocycles. The number of benzene rings is 3. The average molecular weight is 1100 g/mol. The van der Waals surface area contributed by atoms with Gasteiger partial charge in [0.2, 0.25) is 0 Å². The smallest absolute Gasteiger partial charge is 0.297 e. The topological polar surface area (TPSA) is 124 Å². The maximum Gasteiger partial charge on any atom is 0.297 e. The average Bonchev–Trinajstić information content (AvgIpc) is 3.64. The van der Waals surface area contributed by atoms with E-state index in [2.05, 4.69) is 171 Å². The number of unbranched alkanes of at least 4 members (excludes halogenated alkanes) is 11. The number of azide groups is 1. The van der Waals surface area contributed by atoms with Gasteiger partial charge >= 0.3 is 0 Å². The van der Waals surface area contributed by atoms with E-state index in [1.165, 1.54) is 57.8 Å². The fourth-order valence-corrected chi connectivity index (χ4v) is 8.69.